The Balaban J connectivity index is 1.25. The number of hydrogen-bond acceptors (Lipinski definition) is 4. The molecule has 9 heteroatoms. The van der Waals surface area contributed by atoms with E-state index in [2.05, 4.69) is 10.6 Å². The second-order valence-electron chi connectivity index (χ2n) is 7.97. The number of ether oxygens (including phenoxy) is 1. The van der Waals surface area contributed by atoms with Crippen molar-refractivity contribution in [2.24, 2.45) is 5.73 Å². The van der Waals surface area contributed by atoms with Crippen LogP contribution in [0.15, 0.2) is 36.4 Å². The number of amides is 2. The summed E-state index contributed by atoms with van der Waals surface area (Å²) in [7, 11) is 0. The van der Waals surface area contributed by atoms with Crippen molar-refractivity contribution in [2.45, 2.75) is 36.9 Å². The van der Waals surface area contributed by atoms with Gasteiger partial charge in [0.1, 0.15) is 17.4 Å². The first kappa shape index (κ1) is 20.6. The van der Waals surface area contributed by atoms with Crippen molar-refractivity contribution in [3.8, 4) is 5.75 Å². The minimum atomic E-state index is -0.621. The normalized spacial score (nSPS) is 23.7. The summed E-state index contributed by atoms with van der Waals surface area (Å²) >= 11 is 5.61. The quantitative estimate of drug-likeness (QED) is 0.623. The average Bonchev–Trinajstić information content (AvgIpc) is 2.66. The van der Waals surface area contributed by atoms with E-state index in [1.165, 1.54) is 24.3 Å². The molecule has 2 aromatic rings. The largest absolute Gasteiger partial charge is 0.484 e. The maximum absolute atomic E-state index is 13.8. The third-order valence-corrected chi connectivity index (χ3v) is 5.92. The summed E-state index contributed by atoms with van der Waals surface area (Å²) in [6, 6.07) is 8.17. The van der Waals surface area contributed by atoms with E-state index in [1.807, 2.05) is 0 Å². The van der Waals surface area contributed by atoms with Crippen molar-refractivity contribution < 1.29 is 23.1 Å². The van der Waals surface area contributed by atoms with Crippen molar-refractivity contribution >= 4 is 23.4 Å². The Morgan fingerprint density at radius 1 is 1.03 bits per heavy atom. The SMILES string of the molecule is NCc1ccc(C(=O)NC23CC(NC(=O)COc4ccc(Cl)c(F)c4)(C2)C3)cc1F. The molecule has 0 radical (unpaired) electrons. The molecule has 4 N–H and O–H groups in total. The molecule has 2 aromatic carbocycles. The van der Waals surface area contributed by atoms with Gasteiger partial charge in [0, 0.05) is 34.8 Å². The first-order valence-corrected chi connectivity index (χ1v) is 9.81. The lowest BCUT2D eigenvalue weighted by Gasteiger charge is -2.70. The van der Waals surface area contributed by atoms with Gasteiger partial charge >= 0.3 is 0 Å². The predicted molar refractivity (Wildman–Crippen MR) is 106 cm³/mol. The summed E-state index contributed by atoms with van der Waals surface area (Å²) in [4.78, 5) is 24.6. The number of nitrogens with two attached hydrogens (primary N) is 1. The highest BCUT2D eigenvalue weighted by Gasteiger charge is 2.69. The number of carbonyl (C=O) groups is 2. The van der Waals surface area contributed by atoms with E-state index in [9.17, 15) is 18.4 Å². The summed E-state index contributed by atoms with van der Waals surface area (Å²) in [5.41, 5.74) is 5.26. The first-order valence-electron chi connectivity index (χ1n) is 9.43. The van der Waals surface area contributed by atoms with Crippen molar-refractivity contribution in [3.05, 3.63) is 64.2 Å². The Hall–Kier alpha value is -2.71. The standard InChI is InChI=1S/C21H20ClF2N3O3/c22-15-4-3-14(6-17(15)24)30-8-18(28)26-20-9-21(10-20,11-20)27-19(29)12-1-2-13(7-25)16(23)5-12/h1-6H,7-11,25H2,(H,26,28)(H,27,29). The minimum absolute atomic E-state index is 0.0222. The van der Waals surface area contributed by atoms with Gasteiger partial charge < -0.3 is 21.1 Å². The second kappa shape index (κ2) is 7.52. The average molecular weight is 436 g/mol. The summed E-state index contributed by atoms with van der Waals surface area (Å²) < 4.78 is 32.5. The van der Waals surface area contributed by atoms with E-state index in [-0.39, 0.29) is 52.4 Å². The summed E-state index contributed by atoms with van der Waals surface area (Å²) in [5.74, 6) is -1.60. The molecule has 2 amide bonds. The molecule has 0 unspecified atom stereocenters. The van der Waals surface area contributed by atoms with Crippen molar-refractivity contribution in [3.63, 3.8) is 0 Å². The number of carbonyl (C=O) groups excluding carboxylic acids is 2. The maximum Gasteiger partial charge on any atom is 0.258 e. The van der Waals surface area contributed by atoms with Gasteiger partial charge in [-0.25, -0.2) is 8.78 Å². The van der Waals surface area contributed by atoms with Crippen molar-refractivity contribution in [1.82, 2.24) is 10.6 Å². The van der Waals surface area contributed by atoms with Crippen LogP contribution in [-0.2, 0) is 11.3 Å². The van der Waals surface area contributed by atoms with Crippen LogP contribution in [0.2, 0.25) is 5.02 Å². The molecule has 0 aliphatic heterocycles. The molecule has 2 bridgehead atoms. The second-order valence-corrected chi connectivity index (χ2v) is 8.38. The third kappa shape index (κ3) is 3.85. The molecule has 3 aliphatic carbocycles. The van der Waals surface area contributed by atoms with Gasteiger partial charge in [0.2, 0.25) is 0 Å². The topological polar surface area (TPSA) is 93.5 Å². The van der Waals surface area contributed by atoms with E-state index in [0.29, 0.717) is 24.8 Å². The molecule has 0 saturated heterocycles. The molecular weight excluding hydrogens is 416 g/mol. The van der Waals surface area contributed by atoms with Gasteiger partial charge in [0.25, 0.3) is 11.8 Å². The number of nitrogens with one attached hydrogen (secondary N) is 2. The highest BCUT2D eigenvalue weighted by molar-refractivity contribution is 6.30. The molecule has 6 nitrogen and oxygen atoms in total. The van der Waals surface area contributed by atoms with Crippen molar-refractivity contribution in [1.29, 1.82) is 0 Å². The zero-order chi connectivity index (χ0) is 21.5. The molecule has 3 saturated carbocycles. The number of hydrogen-bond donors (Lipinski definition) is 3. The Morgan fingerprint density at radius 2 is 1.73 bits per heavy atom. The van der Waals surface area contributed by atoms with Crippen LogP contribution in [0, 0.1) is 11.6 Å². The van der Waals surface area contributed by atoms with Crippen LogP contribution >= 0.6 is 11.6 Å². The lowest BCUT2D eigenvalue weighted by atomic mass is 9.44. The molecule has 5 rings (SSSR count). The molecule has 0 atom stereocenters. The minimum Gasteiger partial charge on any atom is -0.484 e. The van der Waals surface area contributed by atoms with Gasteiger partial charge in [-0.15, -0.1) is 0 Å². The lowest BCUT2D eigenvalue weighted by molar-refractivity contribution is -0.141. The highest BCUT2D eigenvalue weighted by Crippen LogP contribution is 2.60. The first-order chi connectivity index (χ1) is 14.2. The molecule has 3 fully saturated rings. The molecule has 0 heterocycles. The molecule has 0 aromatic heterocycles. The smallest absolute Gasteiger partial charge is 0.258 e. The monoisotopic (exact) mass is 435 g/mol. The Morgan fingerprint density at radius 3 is 2.37 bits per heavy atom. The van der Waals surface area contributed by atoms with E-state index < -0.39 is 11.6 Å². The molecular formula is C21H20ClF2N3O3. The molecule has 158 valence electrons. The fourth-order valence-corrected chi connectivity index (χ4v) is 4.39. The fourth-order valence-electron chi connectivity index (χ4n) is 4.27. The number of benzene rings is 2. The van der Waals surface area contributed by atoms with Gasteiger partial charge in [0.05, 0.1) is 5.02 Å². The van der Waals surface area contributed by atoms with E-state index >= 15 is 0 Å². The third-order valence-electron chi connectivity index (χ3n) is 5.61. The Bertz CT molecular complexity index is 1010. The van der Waals surface area contributed by atoms with Crippen LogP contribution in [0.25, 0.3) is 0 Å². The maximum atomic E-state index is 13.8. The van der Waals surface area contributed by atoms with Crippen molar-refractivity contribution in [2.75, 3.05) is 6.61 Å². The molecule has 3 aliphatic rings. The zero-order valence-corrected chi connectivity index (χ0v) is 16.7. The summed E-state index contributed by atoms with van der Waals surface area (Å²) in [6.45, 7) is -0.189. The van der Waals surface area contributed by atoms with Gasteiger partial charge in [-0.1, -0.05) is 17.7 Å². The van der Waals surface area contributed by atoms with E-state index in [1.54, 1.807) is 6.07 Å². The lowest BCUT2D eigenvalue weighted by Crippen LogP contribution is -2.84. The Kier molecular flexibility index (Phi) is 5.15. The van der Waals surface area contributed by atoms with Crippen LogP contribution in [0.5, 0.6) is 5.75 Å². The number of halogens is 3. The molecule has 30 heavy (non-hydrogen) atoms. The van der Waals surface area contributed by atoms with Crippen LogP contribution in [0.3, 0.4) is 0 Å². The van der Waals surface area contributed by atoms with Gasteiger partial charge in [-0.2, -0.15) is 0 Å². The van der Waals surface area contributed by atoms with Crippen LogP contribution in [0.1, 0.15) is 35.2 Å². The fraction of sp³-hybridized carbons (Fsp3) is 0.333. The van der Waals surface area contributed by atoms with Crippen LogP contribution < -0.4 is 21.1 Å². The van der Waals surface area contributed by atoms with Gasteiger partial charge in [-0.3, -0.25) is 9.59 Å². The molecule has 0 spiro atoms. The van der Waals surface area contributed by atoms with Crippen LogP contribution in [0.4, 0.5) is 8.78 Å². The van der Waals surface area contributed by atoms with Gasteiger partial charge in [-0.05, 0) is 43.5 Å². The van der Waals surface area contributed by atoms with Crippen LogP contribution in [-0.4, -0.2) is 29.5 Å². The predicted octanol–water partition coefficient (Wildman–Crippen LogP) is 2.68. The van der Waals surface area contributed by atoms with Gasteiger partial charge in [0.15, 0.2) is 6.61 Å². The summed E-state index contributed by atoms with van der Waals surface area (Å²) in [5, 5.41) is 5.82. The summed E-state index contributed by atoms with van der Waals surface area (Å²) in [6.07, 6.45) is 1.78. The van der Waals surface area contributed by atoms with E-state index in [0.717, 1.165) is 6.07 Å². The Labute approximate surface area is 176 Å². The number of rotatable bonds is 7. The zero-order valence-electron chi connectivity index (χ0n) is 15.9. The highest BCUT2D eigenvalue weighted by atomic mass is 35.5. The van der Waals surface area contributed by atoms with E-state index in [4.69, 9.17) is 22.1 Å².